The maximum atomic E-state index is 13.3. The number of carbonyl (C=O) groups is 1. The topological polar surface area (TPSA) is 41.4 Å². The van der Waals surface area contributed by atoms with Crippen LogP contribution in [0.5, 0.6) is 0 Å². The fourth-order valence-corrected chi connectivity index (χ4v) is 5.44. The normalized spacial score (nSPS) is 22.1. The maximum absolute atomic E-state index is 13.3. The van der Waals surface area contributed by atoms with Crippen molar-refractivity contribution in [2.75, 3.05) is 26.2 Å². The number of amides is 1. The van der Waals surface area contributed by atoms with Crippen molar-refractivity contribution >= 4 is 28.5 Å². The Balaban J connectivity index is 1.31. The molecule has 3 aromatic rings. The van der Waals surface area contributed by atoms with Crippen LogP contribution >= 0.6 is 11.6 Å². The molecule has 2 saturated heterocycles. The highest BCUT2D eigenvalue weighted by molar-refractivity contribution is 6.38. The Bertz CT molecular complexity index is 1090. The number of pyridine rings is 1. The second-order valence-electron chi connectivity index (χ2n) is 9.12. The van der Waals surface area contributed by atoms with Crippen LogP contribution in [0.2, 0.25) is 5.02 Å². The average Bonchev–Trinajstić information content (AvgIpc) is 3.24. The fraction of sp³-hybridized carbons (Fsp3) is 0.440. The number of aromatic nitrogens is 2. The highest BCUT2D eigenvalue weighted by Gasteiger charge is 2.35. The molecular weight excluding hydrogens is 408 g/mol. The molecule has 2 aliphatic rings. The van der Waals surface area contributed by atoms with Gasteiger partial charge in [-0.1, -0.05) is 41.9 Å². The van der Waals surface area contributed by atoms with Crippen molar-refractivity contribution in [3.8, 4) is 0 Å². The Morgan fingerprint density at radius 1 is 1.10 bits per heavy atom. The van der Waals surface area contributed by atoms with Gasteiger partial charge in [0.1, 0.15) is 5.65 Å². The minimum atomic E-state index is 0.00142. The minimum absolute atomic E-state index is 0.00142. The van der Waals surface area contributed by atoms with Gasteiger partial charge in [0.15, 0.2) is 0 Å². The molecule has 0 radical (unpaired) electrons. The van der Waals surface area contributed by atoms with Gasteiger partial charge in [0.2, 0.25) is 0 Å². The van der Waals surface area contributed by atoms with E-state index in [1.54, 1.807) is 6.20 Å². The summed E-state index contributed by atoms with van der Waals surface area (Å²) in [6, 6.07) is 13.5. The van der Waals surface area contributed by atoms with E-state index in [1.165, 1.54) is 12.0 Å². The lowest BCUT2D eigenvalue weighted by Gasteiger charge is -2.46. The monoisotopic (exact) mass is 436 g/mol. The van der Waals surface area contributed by atoms with Crippen LogP contribution in [0.4, 0.5) is 0 Å². The fourth-order valence-electron chi connectivity index (χ4n) is 5.17. The molecule has 31 heavy (non-hydrogen) atoms. The molecule has 4 heterocycles. The molecule has 0 spiro atoms. The molecule has 2 aliphatic heterocycles. The third-order valence-electron chi connectivity index (χ3n) is 6.93. The zero-order valence-electron chi connectivity index (χ0n) is 18.2. The molecular formula is C25H29ClN4O. The molecule has 0 unspecified atom stereocenters. The number of nitrogens with zero attached hydrogens (tertiary/aromatic N) is 4. The van der Waals surface area contributed by atoms with E-state index in [-0.39, 0.29) is 5.91 Å². The summed E-state index contributed by atoms with van der Waals surface area (Å²) < 4.78 is 2.08. The lowest BCUT2D eigenvalue weighted by Crippen LogP contribution is -2.57. The third kappa shape index (κ3) is 3.74. The lowest BCUT2D eigenvalue weighted by molar-refractivity contribution is 0.0329. The predicted octanol–water partition coefficient (Wildman–Crippen LogP) is 4.97. The van der Waals surface area contributed by atoms with Crippen molar-refractivity contribution in [2.24, 2.45) is 0 Å². The number of fused-ring (bicyclic) bond motifs is 2. The van der Waals surface area contributed by atoms with E-state index in [2.05, 4.69) is 58.6 Å². The number of benzene rings is 1. The van der Waals surface area contributed by atoms with Crippen molar-refractivity contribution < 1.29 is 4.79 Å². The summed E-state index contributed by atoms with van der Waals surface area (Å²) in [6.07, 6.45) is 5.94. The van der Waals surface area contributed by atoms with Crippen molar-refractivity contribution in [1.82, 2.24) is 19.4 Å². The molecule has 5 nitrogen and oxygen atoms in total. The SMILES string of the molecule is CC(C)n1ccc2c(Cl)c(C(=O)N3CCN4C[C@@H](c5ccccc5)CC[C@@H]4C3)cnc21. The van der Waals surface area contributed by atoms with E-state index in [9.17, 15) is 4.79 Å². The van der Waals surface area contributed by atoms with E-state index in [0.717, 1.165) is 43.6 Å². The Labute approximate surface area is 188 Å². The van der Waals surface area contributed by atoms with Crippen LogP contribution in [0, 0.1) is 0 Å². The Kier molecular flexibility index (Phi) is 5.49. The van der Waals surface area contributed by atoms with Crippen LogP contribution in [0.3, 0.4) is 0 Å². The molecule has 1 aromatic carbocycles. The standard InChI is InChI=1S/C25H29ClN4O/c1-17(2)30-11-10-21-23(26)22(14-27-24(21)30)25(31)29-13-12-28-15-19(8-9-20(28)16-29)18-6-4-3-5-7-18/h3-7,10-11,14,17,19-20H,8-9,12-13,15-16H2,1-2H3/t19-,20+/m0/s1. The molecule has 0 bridgehead atoms. The van der Waals surface area contributed by atoms with Gasteiger partial charge < -0.3 is 9.47 Å². The first-order valence-electron chi connectivity index (χ1n) is 11.3. The Morgan fingerprint density at radius 3 is 2.68 bits per heavy atom. The van der Waals surface area contributed by atoms with Crippen LogP contribution in [0.25, 0.3) is 11.0 Å². The first-order chi connectivity index (χ1) is 15.0. The zero-order valence-corrected chi connectivity index (χ0v) is 18.9. The molecule has 5 rings (SSSR count). The summed E-state index contributed by atoms with van der Waals surface area (Å²) in [7, 11) is 0. The molecule has 0 aliphatic carbocycles. The summed E-state index contributed by atoms with van der Waals surface area (Å²) in [6.45, 7) is 7.71. The van der Waals surface area contributed by atoms with Crippen LogP contribution < -0.4 is 0 Å². The van der Waals surface area contributed by atoms with E-state index < -0.39 is 0 Å². The van der Waals surface area contributed by atoms with Gasteiger partial charge in [0.25, 0.3) is 5.91 Å². The van der Waals surface area contributed by atoms with E-state index in [4.69, 9.17) is 11.6 Å². The maximum Gasteiger partial charge on any atom is 0.257 e. The average molecular weight is 437 g/mol. The largest absolute Gasteiger partial charge is 0.336 e. The molecule has 162 valence electrons. The van der Waals surface area contributed by atoms with Gasteiger partial charge in [-0.15, -0.1) is 0 Å². The van der Waals surface area contributed by atoms with Crippen LogP contribution in [-0.4, -0.2) is 57.5 Å². The van der Waals surface area contributed by atoms with Gasteiger partial charge in [-0.25, -0.2) is 4.98 Å². The van der Waals surface area contributed by atoms with E-state index >= 15 is 0 Å². The third-order valence-corrected chi connectivity index (χ3v) is 7.34. The smallest absolute Gasteiger partial charge is 0.257 e. The first-order valence-corrected chi connectivity index (χ1v) is 11.6. The van der Waals surface area contributed by atoms with Gasteiger partial charge in [0.05, 0.1) is 10.6 Å². The zero-order chi connectivity index (χ0) is 21.5. The van der Waals surface area contributed by atoms with Crippen molar-refractivity contribution in [1.29, 1.82) is 0 Å². The van der Waals surface area contributed by atoms with Crippen LogP contribution in [0.15, 0.2) is 48.8 Å². The molecule has 2 fully saturated rings. The number of halogens is 1. The predicted molar refractivity (Wildman–Crippen MR) is 125 cm³/mol. The number of hydrogen-bond acceptors (Lipinski definition) is 3. The lowest BCUT2D eigenvalue weighted by atomic mass is 9.86. The quantitative estimate of drug-likeness (QED) is 0.581. The summed E-state index contributed by atoms with van der Waals surface area (Å²) in [5, 5.41) is 1.37. The number of hydrogen-bond donors (Lipinski definition) is 0. The van der Waals surface area contributed by atoms with Gasteiger partial charge in [-0.05, 0) is 44.2 Å². The molecule has 2 aromatic heterocycles. The minimum Gasteiger partial charge on any atom is -0.336 e. The molecule has 2 atom stereocenters. The van der Waals surface area contributed by atoms with Crippen LogP contribution in [0.1, 0.15) is 54.6 Å². The van der Waals surface area contributed by atoms with Gasteiger partial charge in [0, 0.05) is 56.0 Å². The van der Waals surface area contributed by atoms with Gasteiger partial charge in [-0.3, -0.25) is 9.69 Å². The van der Waals surface area contributed by atoms with E-state index in [1.807, 2.05) is 17.2 Å². The summed E-state index contributed by atoms with van der Waals surface area (Å²) >= 11 is 6.69. The summed E-state index contributed by atoms with van der Waals surface area (Å²) in [5.41, 5.74) is 2.78. The second-order valence-corrected chi connectivity index (χ2v) is 9.50. The van der Waals surface area contributed by atoms with Crippen molar-refractivity contribution in [3.05, 3.63) is 64.9 Å². The highest BCUT2D eigenvalue weighted by atomic mass is 35.5. The Hall–Kier alpha value is -2.37. The number of rotatable bonds is 3. The number of piperazine rings is 1. The summed E-state index contributed by atoms with van der Waals surface area (Å²) in [5.74, 6) is 0.590. The summed E-state index contributed by atoms with van der Waals surface area (Å²) in [4.78, 5) is 22.5. The molecule has 0 N–H and O–H groups in total. The van der Waals surface area contributed by atoms with Gasteiger partial charge >= 0.3 is 0 Å². The van der Waals surface area contributed by atoms with Gasteiger partial charge in [-0.2, -0.15) is 0 Å². The van der Waals surface area contributed by atoms with Crippen LogP contribution in [-0.2, 0) is 0 Å². The molecule has 6 heteroatoms. The first kappa shape index (κ1) is 20.5. The van der Waals surface area contributed by atoms with Crippen molar-refractivity contribution in [2.45, 2.75) is 44.7 Å². The number of carbonyl (C=O) groups excluding carboxylic acids is 1. The highest BCUT2D eigenvalue weighted by Crippen LogP contribution is 2.33. The van der Waals surface area contributed by atoms with Crippen molar-refractivity contribution in [3.63, 3.8) is 0 Å². The van der Waals surface area contributed by atoms with E-state index in [0.29, 0.717) is 28.6 Å². The molecule has 0 saturated carbocycles. The molecule has 1 amide bonds. The Morgan fingerprint density at radius 2 is 1.90 bits per heavy atom. The second kappa shape index (κ2) is 8.29. The number of piperidine rings is 1.